The molecule has 0 atom stereocenters. The topological polar surface area (TPSA) is 49.2 Å². The van der Waals surface area contributed by atoms with Crippen molar-refractivity contribution >= 4 is 11.8 Å². The molecule has 1 aromatic heterocycles. The highest BCUT2D eigenvalue weighted by molar-refractivity contribution is 7.99. The lowest BCUT2D eigenvalue weighted by Crippen LogP contribution is -2.08. The van der Waals surface area contributed by atoms with Gasteiger partial charge in [-0.05, 0) is 54.6 Å². The van der Waals surface area contributed by atoms with Crippen LogP contribution in [0.15, 0.2) is 78.0 Å². The molecular weight excluding hydrogens is 470 g/mol. The van der Waals surface area contributed by atoms with Crippen molar-refractivity contribution in [2.45, 2.75) is 11.3 Å². The Labute approximate surface area is 197 Å². The zero-order chi connectivity index (χ0) is 24.1. The number of alkyl halides is 3. The third kappa shape index (κ3) is 5.33. The number of para-hydroxylation sites is 1. The van der Waals surface area contributed by atoms with Crippen LogP contribution >= 0.6 is 11.8 Å². The number of halogens is 4. The van der Waals surface area contributed by atoms with Gasteiger partial charge in [-0.1, -0.05) is 30.0 Å². The minimum Gasteiger partial charge on any atom is -0.497 e. The fourth-order valence-corrected chi connectivity index (χ4v) is 3.96. The number of benzene rings is 3. The second-order valence-electron chi connectivity index (χ2n) is 7.05. The van der Waals surface area contributed by atoms with E-state index in [9.17, 15) is 17.6 Å². The van der Waals surface area contributed by atoms with Gasteiger partial charge in [0.25, 0.3) is 0 Å². The summed E-state index contributed by atoms with van der Waals surface area (Å²) in [6.07, 6.45) is -4.49. The fraction of sp³-hybridized carbons (Fsp3) is 0.167. The van der Waals surface area contributed by atoms with Crippen molar-refractivity contribution in [1.29, 1.82) is 0 Å². The van der Waals surface area contributed by atoms with E-state index in [4.69, 9.17) is 9.47 Å². The van der Waals surface area contributed by atoms with Gasteiger partial charge in [-0.2, -0.15) is 13.2 Å². The summed E-state index contributed by atoms with van der Waals surface area (Å²) >= 11 is 1.24. The third-order valence-electron chi connectivity index (χ3n) is 4.82. The maximum atomic E-state index is 13.7. The second kappa shape index (κ2) is 10.2. The first-order valence-corrected chi connectivity index (χ1v) is 11.1. The zero-order valence-corrected chi connectivity index (χ0v) is 18.7. The van der Waals surface area contributed by atoms with Crippen LogP contribution in [-0.4, -0.2) is 34.2 Å². The lowest BCUT2D eigenvalue weighted by atomic mass is 10.1. The highest BCUT2D eigenvalue weighted by Gasteiger charge is 2.31. The molecule has 0 bridgehead atoms. The van der Waals surface area contributed by atoms with E-state index in [-0.39, 0.29) is 18.0 Å². The van der Waals surface area contributed by atoms with E-state index in [1.54, 1.807) is 47.0 Å². The van der Waals surface area contributed by atoms with Gasteiger partial charge in [0.2, 0.25) is 0 Å². The summed E-state index contributed by atoms with van der Waals surface area (Å²) in [6.45, 7) is 0.166. The fourth-order valence-electron chi connectivity index (χ4n) is 3.19. The molecule has 0 fully saturated rings. The molecule has 3 aromatic carbocycles. The molecule has 0 spiro atoms. The van der Waals surface area contributed by atoms with Crippen LogP contribution in [0.3, 0.4) is 0 Å². The van der Waals surface area contributed by atoms with E-state index in [1.807, 2.05) is 0 Å². The maximum absolute atomic E-state index is 13.7. The largest absolute Gasteiger partial charge is 0.497 e. The first-order valence-electron chi connectivity index (χ1n) is 10.1. The SMILES string of the molecule is COc1ccc(-c2nnc(SCCOc3ccccc3F)n2-c2cccc(C(F)(F)F)c2)cc1. The van der Waals surface area contributed by atoms with Crippen LogP contribution in [0.25, 0.3) is 17.1 Å². The van der Waals surface area contributed by atoms with E-state index in [2.05, 4.69) is 10.2 Å². The summed E-state index contributed by atoms with van der Waals surface area (Å²) in [5, 5.41) is 8.81. The summed E-state index contributed by atoms with van der Waals surface area (Å²) in [5.41, 5.74) is 0.140. The molecule has 0 amide bonds. The van der Waals surface area contributed by atoms with E-state index < -0.39 is 17.6 Å². The Morgan fingerprint density at radius 1 is 0.941 bits per heavy atom. The van der Waals surface area contributed by atoms with Crippen LogP contribution in [0.1, 0.15) is 5.56 Å². The van der Waals surface area contributed by atoms with Crippen LogP contribution in [0.2, 0.25) is 0 Å². The first kappa shape index (κ1) is 23.6. The highest BCUT2D eigenvalue weighted by atomic mass is 32.2. The molecule has 0 saturated heterocycles. The van der Waals surface area contributed by atoms with Gasteiger partial charge in [-0.15, -0.1) is 10.2 Å². The standard InChI is InChI=1S/C24H19F4N3O2S/c1-32-19-11-9-16(10-12-19)22-29-30-23(34-14-13-33-21-8-3-2-7-20(21)25)31(22)18-6-4-5-17(15-18)24(26,27)28/h2-12,15H,13-14H2,1H3. The summed E-state index contributed by atoms with van der Waals surface area (Å²) in [6, 6.07) is 18.0. The van der Waals surface area contributed by atoms with E-state index in [0.29, 0.717) is 28.0 Å². The van der Waals surface area contributed by atoms with Crippen molar-refractivity contribution in [2.75, 3.05) is 19.5 Å². The van der Waals surface area contributed by atoms with Crippen LogP contribution in [0.5, 0.6) is 11.5 Å². The van der Waals surface area contributed by atoms with Crippen molar-refractivity contribution in [3.8, 4) is 28.6 Å². The maximum Gasteiger partial charge on any atom is 0.416 e. The number of hydrogen-bond donors (Lipinski definition) is 0. The van der Waals surface area contributed by atoms with Gasteiger partial charge in [0.1, 0.15) is 5.75 Å². The smallest absolute Gasteiger partial charge is 0.416 e. The minimum atomic E-state index is -4.49. The van der Waals surface area contributed by atoms with Crippen molar-refractivity contribution in [1.82, 2.24) is 14.8 Å². The lowest BCUT2D eigenvalue weighted by molar-refractivity contribution is -0.137. The Kier molecular flexibility index (Phi) is 7.06. The van der Waals surface area contributed by atoms with Crippen LogP contribution < -0.4 is 9.47 Å². The summed E-state index contributed by atoms with van der Waals surface area (Å²) in [5.74, 6) is 1.03. The molecule has 0 aliphatic carbocycles. The number of rotatable bonds is 8. The van der Waals surface area contributed by atoms with Gasteiger partial charge in [0.15, 0.2) is 22.5 Å². The van der Waals surface area contributed by atoms with Gasteiger partial charge >= 0.3 is 6.18 Å². The van der Waals surface area contributed by atoms with Crippen molar-refractivity contribution < 1.29 is 27.0 Å². The van der Waals surface area contributed by atoms with E-state index >= 15 is 0 Å². The predicted octanol–water partition coefficient (Wildman–Crippen LogP) is 6.27. The summed E-state index contributed by atoms with van der Waals surface area (Å²) in [7, 11) is 1.54. The molecule has 0 saturated carbocycles. The average Bonchev–Trinajstić information content (AvgIpc) is 3.26. The number of ether oxygens (including phenoxy) is 2. The molecule has 10 heteroatoms. The lowest BCUT2D eigenvalue weighted by Gasteiger charge is -2.13. The summed E-state index contributed by atoms with van der Waals surface area (Å²) < 4.78 is 66.0. The molecular formula is C24H19F4N3O2S. The Morgan fingerprint density at radius 3 is 2.41 bits per heavy atom. The monoisotopic (exact) mass is 489 g/mol. The Bertz CT molecular complexity index is 1260. The molecule has 0 unspecified atom stereocenters. The summed E-state index contributed by atoms with van der Waals surface area (Å²) in [4.78, 5) is 0. The van der Waals surface area contributed by atoms with Gasteiger partial charge in [0.05, 0.1) is 25.0 Å². The number of hydrogen-bond acceptors (Lipinski definition) is 5. The molecule has 0 radical (unpaired) electrons. The molecule has 4 aromatic rings. The Balaban J connectivity index is 1.64. The third-order valence-corrected chi connectivity index (χ3v) is 5.72. The average molecular weight is 489 g/mol. The van der Waals surface area contributed by atoms with E-state index in [0.717, 1.165) is 12.1 Å². The van der Waals surface area contributed by atoms with Gasteiger partial charge in [-0.3, -0.25) is 4.57 Å². The van der Waals surface area contributed by atoms with Crippen molar-refractivity contribution in [2.24, 2.45) is 0 Å². The highest BCUT2D eigenvalue weighted by Crippen LogP contribution is 2.33. The molecule has 5 nitrogen and oxygen atoms in total. The van der Waals surface area contributed by atoms with Crippen molar-refractivity contribution in [3.05, 3.63) is 84.2 Å². The second-order valence-corrected chi connectivity index (χ2v) is 8.11. The molecule has 34 heavy (non-hydrogen) atoms. The molecule has 0 N–H and O–H groups in total. The Morgan fingerprint density at radius 2 is 1.71 bits per heavy atom. The predicted molar refractivity (Wildman–Crippen MR) is 121 cm³/mol. The van der Waals surface area contributed by atoms with Gasteiger partial charge in [0, 0.05) is 11.3 Å². The minimum absolute atomic E-state index is 0.126. The van der Waals surface area contributed by atoms with Crippen LogP contribution in [0, 0.1) is 5.82 Å². The van der Waals surface area contributed by atoms with Crippen LogP contribution in [0.4, 0.5) is 17.6 Å². The van der Waals surface area contributed by atoms with Crippen molar-refractivity contribution in [3.63, 3.8) is 0 Å². The van der Waals surface area contributed by atoms with Crippen LogP contribution in [-0.2, 0) is 6.18 Å². The Hall–Kier alpha value is -3.53. The molecule has 176 valence electrons. The quantitative estimate of drug-likeness (QED) is 0.166. The number of methoxy groups -OCH3 is 1. The zero-order valence-electron chi connectivity index (χ0n) is 17.9. The molecule has 4 rings (SSSR count). The van der Waals surface area contributed by atoms with Gasteiger partial charge < -0.3 is 9.47 Å². The molecule has 0 aliphatic heterocycles. The number of aromatic nitrogens is 3. The number of nitrogens with zero attached hydrogens (tertiary/aromatic N) is 3. The van der Waals surface area contributed by atoms with Gasteiger partial charge in [-0.25, -0.2) is 4.39 Å². The normalized spacial score (nSPS) is 11.4. The molecule has 1 heterocycles. The first-order chi connectivity index (χ1) is 16.4. The van der Waals surface area contributed by atoms with E-state index in [1.165, 1.54) is 37.1 Å². The molecule has 0 aliphatic rings. The number of thioether (sulfide) groups is 1.